The average Bonchev–Trinajstić information content (AvgIpc) is 3.18. The van der Waals surface area contributed by atoms with E-state index >= 15 is 0 Å². The third-order valence-corrected chi connectivity index (χ3v) is 6.20. The highest BCUT2D eigenvalue weighted by Gasteiger charge is 2.28. The molecule has 2 amide bonds. The highest BCUT2D eigenvalue weighted by atomic mass is 16.6. The molecular weight excluding hydrogens is 392 g/mol. The van der Waals surface area contributed by atoms with Gasteiger partial charge in [-0.2, -0.15) is 5.10 Å². The van der Waals surface area contributed by atoms with Crippen LogP contribution in [0.3, 0.4) is 0 Å². The molecule has 4 rings (SSSR count). The van der Waals surface area contributed by atoms with Gasteiger partial charge in [0.1, 0.15) is 5.60 Å². The summed E-state index contributed by atoms with van der Waals surface area (Å²) < 4.78 is 5.50. The molecule has 7 heteroatoms. The van der Waals surface area contributed by atoms with Crippen LogP contribution in [0.15, 0.2) is 24.4 Å². The largest absolute Gasteiger partial charge is 0.444 e. The van der Waals surface area contributed by atoms with Crippen LogP contribution in [-0.4, -0.2) is 52.8 Å². The van der Waals surface area contributed by atoms with Gasteiger partial charge in [-0.3, -0.25) is 9.89 Å². The number of piperidine rings is 1. The maximum absolute atomic E-state index is 12.3. The Bertz CT molecular complexity index is 967. The lowest BCUT2D eigenvalue weighted by atomic mass is 9.89. The zero-order chi connectivity index (χ0) is 22.2. The lowest BCUT2D eigenvalue weighted by Gasteiger charge is -2.33. The number of nitrogens with one attached hydrogen (secondary N) is 1. The van der Waals surface area contributed by atoms with E-state index in [4.69, 9.17) is 4.74 Å². The molecule has 166 valence electrons. The van der Waals surface area contributed by atoms with Gasteiger partial charge >= 0.3 is 6.09 Å². The Kier molecular flexibility index (Phi) is 5.77. The standard InChI is InChI=1S/C24H32N4O3/c1-24(2,3)31-23(30)28-11-9-16(10-12-28)13-19-15-25-26-22(19)18-5-7-20-17(14-18)6-8-21(29)27(20)4/h5,7,14-16H,6,8-13H2,1-4H3,(H,25,26). The number of amides is 2. The van der Waals surface area contributed by atoms with Crippen LogP contribution in [0.25, 0.3) is 11.3 Å². The fourth-order valence-corrected chi connectivity index (χ4v) is 4.49. The second kappa shape index (κ2) is 8.36. The SMILES string of the molecule is CN1C(=O)CCc2cc(-c3[nH]ncc3CC3CCN(C(=O)OC(C)(C)C)CC3)ccc21. The molecule has 0 saturated carbocycles. The second-order valence-corrected chi connectivity index (χ2v) is 9.68. The summed E-state index contributed by atoms with van der Waals surface area (Å²) >= 11 is 0. The Hall–Kier alpha value is -2.83. The number of H-pyrrole nitrogens is 1. The molecule has 31 heavy (non-hydrogen) atoms. The molecule has 2 aliphatic heterocycles. The van der Waals surface area contributed by atoms with Crippen molar-refractivity contribution in [2.45, 2.75) is 58.5 Å². The van der Waals surface area contributed by atoms with Crippen LogP contribution in [0.1, 0.15) is 51.2 Å². The zero-order valence-electron chi connectivity index (χ0n) is 18.9. The molecule has 7 nitrogen and oxygen atoms in total. The van der Waals surface area contributed by atoms with E-state index in [-0.39, 0.29) is 12.0 Å². The maximum Gasteiger partial charge on any atom is 0.410 e. The fraction of sp³-hybridized carbons (Fsp3) is 0.542. The van der Waals surface area contributed by atoms with Gasteiger partial charge in [0.2, 0.25) is 5.91 Å². The molecular formula is C24H32N4O3. The van der Waals surface area contributed by atoms with Gasteiger partial charge in [0.25, 0.3) is 0 Å². The van der Waals surface area contributed by atoms with Crippen molar-refractivity contribution < 1.29 is 14.3 Å². The molecule has 1 aromatic heterocycles. The van der Waals surface area contributed by atoms with Gasteiger partial charge < -0.3 is 14.5 Å². The van der Waals surface area contributed by atoms with Crippen LogP contribution in [0.5, 0.6) is 0 Å². The summed E-state index contributed by atoms with van der Waals surface area (Å²) in [6.07, 6.45) is 5.89. The minimum Gasteiger partial charge on any atom is -0.444 e. The topological polar surface area (TPSA) is 78.5 Å². The number of hydrogen-bond donors (Lipinski definition) is 1. The van der Waals surface area contributed by atoms with E-state index in [2.05, 4.69) is 22.3 Å². The van der Waals surface area contributed by atoms with E-state index < -0.39 is 5.60 Å². The Morgan fingerprint density at radius 2 is 1.97 bits per heavy atom. The molecule has 0 bridgehead atoms. The number of nitrogens with zero attached hydrogens (tertiary/aromatic N) is 3. The number of benzene rings is 1. The van der Waals surface area contributed by atoms with Crippen molar-refractivity contribution >= 4 is 17.7 Å². The lowest BCUT2D eigenvalue weighted by molar-refractivity contribution is -0.118. The quantitative estimate of drug-likeness (QED) is 0.802. The second-order valence-electron chi connectivity index (χ2n) is 9.68. The van der Waals surface area contributed by atoms with Gasteiger partial charge in [0.05, 0.1) is 11.9 Å². The number of aryl methyl sites for hydroxylation is 1. The van der Waals surface area contributed by atoms with Crippen LogP contribution in [0, 0.1) is 5.92 Å². The summed E-state index contributed by atoms with van der Waals surface area (Å²) in [5, 5.41) is 7.49. The highest BCUT2D eigenvalue weighted by Crippen LogP contribution is 2.33. The number of anilines is 1. The van der Waals surface area contributed by atoms with E-state index in [1.807, 2.05) is 45.0 Å². The number of carbonyl (C=O) groups is 2. The summed E-state index contributed by atoms with van der Waals surface area (Å²) in [5.41, 5.74) is 5.10. The third-order valence-electron chi connectivity index (χ3n) is 6.20. The highest BCUT2D eigenvalue weighted by molar-refractivity contribution is 5.96. The minimum atomic E-state index is -0.462. The molecule has 2 aromatic rings. The van der Waals surface area contributed by atoms with E-state index in [0.717, 1.165) is 55.7 Å². The van der Waals surface area contributed by atoms with E-state index in [9.17, 15) is 9.59 Å². The molecule has 0 atom stereocenters. The van der Waals surface area contributed by atoms with Gasteiger partial charge in [-0.25, -0.2) is 4.79 Å². The van der Waals surface area contributed by atoms with Gasteiger partial charge in [-0.15, -0.1) is 0 Å². The fourth-order valence-electron chi connectivity index (χ4n) is 4.49. The summed E-state index contributed by atoms with van der Waals surface area (Å²) in [7, 11) is 1.84. The molecule has 0 radical (unpaired) electrons. The monoisotopic (exact) mass is 424 g/mol. The van der Waals surface area contributed by atoms with Crippen molar-refractivity contribution in [2.24, 2.45) is 5.92 Å². The van der Waals surface area contributed by atoms with Crippen LogP contribution in [0.4, 0.5) is 10.5 Å². The van der Waals surface area contributed by atoms with Crippen LogP contribution >= 0.6 is 0 Å². The molecule has 1 saturated heterocycles. The first-order valence-electron chi connectivity index (χ1n) is 11.1. The smallest absolute Gasteiger partial charge is 0.410 e. The van der Waals surface area contributed by atoms with Gasteiger partial charge in [0, 0.05) is 37.8 Å². The van der Waals surface area contributed by atoms with Gasteiger partial charge in [-0.05, 0) is 75.6 Å². The number of fused-ring (bicyclic) bond motifs is 1. The number of carbonyl (C=O) groups excluding carboxylic acids is 2. The third kappa shape index (κ3) is 4.75. The van der Waals surface area contributed by atoms with Gasteiger partial charge in [-0.1, -0.05) is 6.07 Å². The molecule has 0 spiro atoms. The van der Waals surface area contributed by atoms with E-state index in [0.29, 0.717) is 12.3 Å². The Morgan fingerprint density at radius 1 is 1.23 bits per heavy atom. The molecule has 3 heterocycles. The van der Waals surface area contributed by atoms with Crippen LogP contribution in [-0.2, 0) is 22.4 Å². The van der Waals surface area contributed by atoms with Crippen molar-refractivity contribution in [3.63, 3.8) is 0 Å². The van der Waals surface area contributed by atoms with Crippen LogP contribution in [0.2, 0.25) is 0 Å². The summed E-state index contributed by atoms with van der Waals surface area (Å²) in [6, 6.07) is 6.28. The van der Waals surface area contributed by atoms with Crippen molar-refractivity contribution in [2.75, 3.05) is 25.0 Å². The normalized spacial score (nSPS) is 17.6. The molecule has 0 unspecified atom stereocenters. The number of aromatic amines is 1. The maximum atomic E-state index is 12.3. The van der Waals surface area contributed by atoms with Crippen LogP contribution < -0.4 is 4.90 Å². The Labute approximate surface area is 183 Å². The first-order valence-corrected chi connectivity index (χ1v) is 11.1. The molecule has 2 aliphatic rings. The average molecular weight is 425 g/mol. The molecule has 1 N–H and O–H groups in total. The van der Waals surface area contributed by atoms with Crippen molar-refractivity contribution in [1.82, 2.24) is 15.1 Å². The van der Waals surface area contributed by atoms with Crippen molar-refractivity contribution in [3.8, 4) is 11.3 Å². The molecule has 0 aliphatic carbocycles. The molecule has 1 aromatic carbocycles. The Balaban J connectivity index is 1.41. The van der Waals surface area contributed by atoms with E-state index in [1.54, 1.807) is 4.90 Å². The molecule has 1 fully saturated rings. The summed E-state index contributed by atoms with van der Waals surface area (Å²) in [6.45, 7) is 7.15. The first kappa shape index (κ1) is 21.4. The number of likely N-dealkylation sites (tertiary alicyclic amines) is 1. The van der Waals surface area contributed by atoms with Gasteiger partial charge in [0.15, 0.2) is 0 Å². The predicted molar refractivity (Wildman–Crippen MR) is 120 cm³/mol. The summed E-state index contributed by atoms with van der Waals surface area (Å²) in [4.78, 5) is 27.8. The first-order chi connectivity index (χ1) is 14.7. The predicted octanol–water partition coefficient (Wildman–Crippen LogP) is 4.18. The number of aromatic nitrogens is 2. The zero-order valence-corrected chi connectivity index (χ0v) is 18.9. The van der Waals surface area contributed by atoms with E-state index in [1.165, 1.54) is 11.1 Å². The number of ether oxygens (including phenoxy) is 1. The van der Waals surface area contributed by atoms with Crippen molar-refractivity contribution in [1.29, 1.82) is 0 Å². The Morgan fingerprint density at radius 3 is 2.68 bits per heavy atom. The number of hydrogen-bond acceptors (Lipinski definition) is 4. The lowest BCUT2D eigenvalue weighted by Crippen LogP contribution is -2.42. The van der Waals surface area contributed by atoms with Crippen molar-refractivity contribution in [3.05, 3.63) is 35.5 Å². The summed E-state index contributed by atoms with van der Waals surface area (Å²) in [5.74, 6) is 0.677. The number of rotatable bonds is 3. The minimum absolute atomic E-state index is 0.167.